The number of nitrogens with zero attached hydrogens (tertiary/aromatic N) is 3. The molecule has 1 heterocycles. The monoisotopic (exact) mass is 249 g/mol. The van der Waals surface area contributed by atoms with E-state index in [-0.39, 0.29) is 5.41 Å². The average Bonchev–Trinajstić information content (AvgIpc) is 2.31. The highest BCUT2D eigenvalue weighted by Crippen LogP contribution is 2.40. The van der Waals surface area contributed by atoms with Crippen molar-refractivity contribution in [3.05, 3.63) is 0 Å². The van der Waals surface area contributed by atoms with Crippen molar-refractivity contribution in [3.63, 3.8) is 0 Å². The Morgan fingerprint density at radius 3 is 2.72 bits per heavy atom. The molecule has 102 valence electrons. The standard InChI is InChI=1S/C15H27N3/c1-17-9-3-5-14(11-17)6-10-18(2)13-15(12-16)7-4-8-15/h14H,3-11,13H2,1-2H3. The van der Waals surface area contributed by atoms with Crippen LogP contribution in [-0.2, 0) is 0 Å². The first kappa shape index (κ1) is 13.8. The molecule has 3 heteroatoms. The minimum Gasteiger partial charge on any atom is -0.306 e. The first-order valence-corrected chi connectivity index (χ1v) is 7.42. The van der Waals surface area contributed by atoms with E-state index in [4.69, 9.17) is 0 Å². The SMILES string of the molecule is CN1CCCC(CCN(C)CC2(C#N)CCC2)C1. The zero-order valence-corrected chi connectivity index (χ0v) is 12.0. The van der Waals surface area contributed by atoms with Crippen molar-refractivity contribution in [1.82, 2.24) is 9.80 Å². The van der Waals surface area contributed by atoms with E-state index in [0.29, 0.717) is 0 Å². The quantitative estimate of drug-likeness (QED) is 0.749. The molecule has 2 fully saturated rings. The molecule has 1 atom stereocenters. The minimum atomic E-state index is -0.00188. The lowest BCUT2D eigenvalue weighted by molar-refractivity contribution is 0.125. The number of likely N-dealkylation sites (tertiary alicyclic amines) is 1. The molecule has 18 heavy (non-hydrogen) atoms. The van der Waals surface area contributed by atoms with Gasteiger partial charge >= 0.3 is 0 Å². The van der Waals surface area contributed by atoms with E-state index in [0.717, 1.165) is 31.8 Å². The summed E-state index contributed by atoms with van der Waals surface area (Å²) >= 11 is 0. The van der Waals surface area contributed by atoms with Gasteiger partial charge in [-0.1, -0.05) is 6.42 Å². The number of hydrogen-bond donors (Lipinski definition) is 0. The summed E-state index contributed by atoms with van der Waals surface area (Å²) in [4.78, 5) is 4.84. The second-order valence-corrected chi connectivity index (χ2v) is 6.54. The van der Waals surface area contributed by atoms with Crippen molar-refractivity contribution >= 4 is 0 Å². The fraction of sp³-hybridized carbons (Fsp3) is 0.933. The predicted molar refractivity (Wildman–Crippen MR) is 74.2 cm³/mol. The highest BCUT2D eigenvalue weighted by molar-refractivity contribution is 5.06. The van der Waals surface area contributed by atoms with E-state index in [1.54, 1.807) is 0 Å². The largest absolute Gasteiger partial charge is 0.306 e. The summed E-state index contributed by atoms with van der Waals surface area (Å²) in [6.45, 7) is 4.66. The van der Waals surface area contributed by atoms with Crippen LogP contribution >= 0.6 is 0 Å². The molecular formula is C15H27N3. The molecule has 0 bridgehead atoms. The lowest BCUT2D eigenvalue weighted by Gasteiger charge is -2.39. The fourth-order valence-corrected chi connectivity index (χ4v) is 3.42. The van der Waals surface area contributed by atoms with Crippen LogP contribution in [0.2, 0.25) is 0 Å². The second kappa shape index (κ2) is 6.04. The van der Waals surface area contributed by atoms with Gasteiger partial charge in [-0.15, -0.1) is 0 Å². The van der Waals surface area contributed by atoms with Gasteiger partial charge in [0.15, 0.2) is 0 Å². The fourth-order valence-electron chi connectivity index (χ4n) is 3.42. The summed E-state index contributed by atoms with van der Waals surface area (Å²) in [7, 11) is 4.42. The van der Waals surface area contributed by atoms with Gasteiger partial charge in [-0.25, -0.2) is 0 Å². The molecule has 0 radical (unpaired) electrons. The average molecular weight is 249 g/mol. The van der Waals surface area contributed by atoms with Gasteiger partial charge in [0.1, 0.15) is 0 Å². The number of nitriles is 1. The summed E-state index contributed by atoms with van der Waals surface area (Å²) in [5.74, 6) is 0.866. The van der Waals surface area contributed by atoms with Gasteiger partial charge in [0.05, 0.1) is 11.5 Å². The lowest BCUT2D eigenvalue weighted by atomic mass is 9.69. The van der Waals surface area contributed by atoms with Crippen LogP contribution in [0, 0.1) is 22.7 Å². The number of piperidine rings is 1. The zero-order valence-electron chi connectivity index (χ0n) is 12.0. The van der Waals surface area contributed by atoms with Crippen LogP contribution < -0.4 is 0 Å². The highest BCUT2D eigenvalue weighted by atomic mass is 15.1. The maximum absolute atomic E-state index is 9.25. The van der Waals surface area contributed by atoms with Gasteiger partial charge in [0.25, 0.3) is 0 Å². The molecule has 0 aromatic heterocycles. The van der Waals surface area contributed by atoms with Crippen molar-refractivity contribution in [1.29, 1.82) is 5.26 Å². The van der Waals surface area contributed by atoms with Crippen molar-refractivity contribution in [2.45, 2.75) is 38.5 Å². The molecule has 0 amide bonds. The molecule has 1 saturated heterocycles. The topological polar surface area (TPSA) is 30.3 Å². The summed E-state index contributed by atoms with van der Waals surface area (Å²) in [5, 5.41) is 9.25. The number of hydrogen-bond acceptors (Lipinski definition) is 3. The van der Waals surface area contributed by atoms with E-state index < -0.39 is 0 Å². The molecule has 2 rings (SSSR count). The highest BCUT2D eigenvalue weighted by Gasteiger charge is 2.38. The molecule has 1 saturated carbocycles. The molecule has 0 spiro atoms. The molecular weight excluding hydrogens is 222 g/mol. The van der Waals surface area contributed by atoms with E-state index in [2.05, 4.69) is 30.0 Å². The predicted octanol–water partition coefficient (Wildman–Crippen LogP) is 2.34. The normalized spacial score (nSPS) is 27.8. The Balaban J connectivity index is 1.68. The van der Waals surface area contributed by atoms with E-state index in [1.165, 1.54) is 38.8 Å². The van der Waals surface area contributed by atoms with E-state index in [9.17, 15) is 5.26 Å². The Morgan fingerprint density at radius 2 is 2.17 bits per heavy atom. The molecule has 0 N–H and O–H groups in total. The maximum Gasteiger partial charge on any atom is 0.0703 e. The minimum absolute atomic E-state index is 0.00188. The van der Waals surface area contributed by atoms with Crippen LogP contribution in [0.15, 0.2) is 0 Å². The smallest absolute Gasteiger partial charge is 0.0703 e. The first-order chi connectivity index (χ1) is 8.63. The Labute approximate surface area is 112 Å². The molecule has 1 aliphatic heterocycles. The van der Waals surface area contributed by atoms with Crippen LogP contribution in [0.25, 0.3) is 0 Å². The van der Waals surface area contributed by atoms with Crippen LogP contribution in [0.4, 0.5) is 0 Å². The van der Waals surface area contributed by atoms with Crippen LogP contribution in [0.5, 0.6) is 0 Å². The van der Waals surface area contributed by atoms with E-state index in [1.807, 2.05) is 0 Å². The molecule has 1 aliphatic carbocycles. The van der Waals surface area contributed by atoms with Crippen LogP contribution in [-0.4, -0.2) is 50.1 Å². The van der Waals surface area contributed by atoms with Crippen molar-refractivity contribution in [2.75, 3.05) is 40.3 Å². The van der Waals surface area contributed by atoms with Crippen molar-refractivity contribution < 1.29 is 0 Å². The van der Waals surface area contributed by atoms with Gasteiger partial charge in [-0.2, -0.15) is 5.26 Å². The molecule has 3 nitrogen and oxygen atoms in total. The summed E-state index contributed by atoms with van der Waals surface area (Å²) < 4.78 is 0. The van der Waals surface area contributed by atoms with Gasteiger partial charge in [0, 0.05) is 13.1 Å². The van der Waals surface area contributed by atoms with Gasteiger partial charge in [0.2, 0.25) is 0 Å². The Hall–Kier alpha value is -0.590. The lowest BCUT2D eigenvalue weighted by Crippen LogP contribution is -2.41. The van der Waals surface area contributed by atoms with Gasteiger partial charge < -0.3 is 9.80 Å². The third-order valence-electron chi connectivity index (χ3n) is 4.76. The summed E-state index contributed by atoms with van der Waals surface area (Å²) in [6.07, 6.45) is 7.51. The number of rotatable bonds is 5. The Kier molecular flexibility index (Phi) is 4.64. The first-order valence-electron chi connectivity index (χ1n) is 7.42. The molecule has 1 unspecified atom stereocenters. The van der Waals surface area contributed by atoms with Crippen molar-refractivity contribution in [2.24, 2.45) is 11.3 Å². The zero-order chi connectivity index (χ0) is 13.0. The summed E-state index contributed by atoms with van der Waals surface area (Å²) in [5.41, 5.74) is -0.00188. The third-order valence-corrected chi connectivity index (χ3v) is 4.76. The van der Waals surface area contributed by atoms with Crippen LogP contribution in [0.1, 0.15) is 38.5 Å². The molecule has 2 aliphatic rings. The van der Waals surface area contributed by atoms with Crippen molar-refractivity contribution in [3.8, 4) is 6.07 Å². The Morgan fingerprint density at radius 1 is 1.39 bits per heavy atom. The van der Waals surface area contributed by atoms with Gasteiger partial charge in [-0.3, -0.25) is 0 Å². The molecule has 0 aromatic carbocycles. The Bertz CT molecular complexity index is 303. The molecule has 0 aromatic rings. The van der Waals surface area contributed by atoms with E-state index >= 15 is 0 Å². The van der Waals surface area contributed by atoms with Crippen LogP contribution in [0.3, 0.4) is 0 Å². The third kappa shape index (κ3) is 3.46. The second-order valence-electron chi connectivity index (χ2n) is 6.54. The summed E-state index contributed by atoms with van der Waals surface area (Å²) in [6, 6.07) is 2.54. The van der Waals surface area contributed by atoms with Gasteiger partial charge in [-0.05, 0) is 65.2 Å². The maximum atomic E-state index is 9.25.